The van der Waals surface area contributed by atoms with E-state index in [1.807, 2.05) is 18.5 Å². The van der Waals surface area contributed by atoms with Gasteiger partial charge < -0.3 is 0 Å². The number of rotatable bonds is 0. The molecule has 0 atom stereocenters. The van der Waals surface area contributed by atoms with Gasteiger partial charge in [0.25, 0.3) is 0 Å². The second-order valence-electron chi connectivity index (χ2n) is 4.78. The maximum Gasteiger partial charge on any atom is 0.0742 e. The van der Waals surface area contributed by atoms with E-state index in [0.29, 0.717) is 0 Å². The van der Waals surface area contributed by atoms with Crippen molar-refractivity contribution in [3.8, 4) is 11.1 Å². The lowest BCUT2D eigenvalue weighted by atomic mass is 10.0. The van der Waals surface area contributed by atoms with E-state index in [2.05, 4.69) is 36.2 Å². The van der Waals surface area contributed by atoms with Crippen molar-refractivity contribution in [2.45, 2.75) is 13.3 Å². The molecule has 0 N–H and O–H groups in total. The summed E-state index contributed by atoms with van der Waals surface area (Å²) in [5, 5.41) is 1.17. The number of aromatic nitrogens is 2. The lowest BCUT2D eigenvalue weighted by Crippen LogP contribution is -1.93. The lowest BCUT2D eigenvalue weighted by Gasteiger charge is -2.08. The zero-order valence-corrected chi connectivity index (χ0v) is 10.1. The molecule has 4 rings (SSSR count). The van der Waals surface area contributed by atoms with Crippen molar-refractivity contribution in [1.29, 1.82) is 0 Å². The molecule has 1 aromatic carbocycles. The van der Waals surface area contributed by atoms with Crippen LogP contribution in [0.3, 0.4) is 0 Å². The van der Waals surface area contributed by atoms with E-state index >= 15 is 0 Å². The second-order valence-corrected chi connectivity index (χ2v) is 4.78. The SMILES string of the molecule is Cc1nc2ccncc2c2c1Cc1ccccc1-2. The Bertz CT molecular complexity index is 775. The van der Waals surface area contributed by atoms with Crippen molar-refractivity contribution >= 4 is 10.9 Å². The van der Waals surface area contributed by atoms with Crippen LogP contribution >= 0.6 is 0 Å². The van der Waals surface area contributed by atoms with Crippen molar-refractivity contribution < 1.29 is 0 Å². The third-order valence-electron chi connectivity index (χ3n) is 3.75. The number of hydrogen-bond acceptors (Lipinski definition) is 2. The summed E-state index contributed by atoms with van der Waals surface area (Å²) in [5.41, 5.74) is 7.61. The van der Waals surface area contributed by atoms with E-state index in [-0.39, 0.29) is 0 Å². The molecule has 0 radical (unpaired) electrons. The minimum absolute atomic E-state index is 0.995. The fourth-order valence-electron chi connectivity index (χ4n) is 2.90. The molecule has 0 aliphatic heterocycles. The highest BCUT2D eigenvalue weighted by Crippen LogP contribution is 2.41. The van der Waals surface area contributed by atoms with E-state index in [0.717, 1.165) is 17.6 Å². The van der Waals surface area contributed by atoms with Crippen LogP contribution in [0.2, 0.25) is 0 Å². The van der Waals surface area contributed by atoms with Crippen molar-refractivity contribution in [3.05, 3.63) is 59.5 Å². The van der Waals surface area contributed by atoms with Gasteiger partial charge in [0, 0.05) is 29.9 Å². The molecule has 2 aromatic heterocycles. The zero-order chi connectivity index (χ0) is 12.1. The quantitative estimate of drug-likeness (QED) is 0.463. The Morgan fingerprint density at radius 3 is 2.94 bits per heavy atom. The maximum atomic E-state index is 4.69. The van der Waals surface area contributed by atoms with Gasteiger partial charge in [-0.1, -0.05) is 24.3 Å². The molecule has 0 unspecified atom stereocenters. The molecule has 86 valence electrons. The first-order chi connectivity index (χ1) is 8.84. The first-order valence-electron chi connectivity index (χ1n) is 6.16. The Morgan fingerprint density at radius 2 is 2.00 bits per heavy atom. The Hall–Kier alpha value is -2.22. The third kappa shape index (κ3) is 1.17. The number of hydrogen-bond donors (Lipinski definition) is 0. The summed E-state index contributed by atoms with van der Waals surface area (Å²) >= 11 is 0. The summed E-state index contributed by atoms with van der Waals surface area (Å²) in [7, 11) is 0. The average molecular weight is 232 g/mol. The van der Waals surface area contributed by atoms with Crippen LogP contribution in [0.4, 0.5) is 0 Å². The summed E-state index contributed by atoms with van der Waals surface area (Å²) < 4.78 is 0. The molecule has 18 heavy (non-hydrogen) atoms. The first kappa shape index (κ1) is 9.77. The normalized spacial score (nSPS) is 12.5. The molecule has 2 heterocycles. The van der Waals surface area contributed by atoms with Gasteiger partial charge in [0.05, 0.1) is 5.52 Å². The maximum absolute atomic E-state index is 4.69. The highest BCUT2D eigenvalue weighted by Gasteiger charge is 2.22. The van der Waals surface area contributed by atoms with Gasteiger partial charge in [0.15, 0.2) is 0 Å². The summed E-state index contributed by atoms with van der Waals surface area (Å²) in [6.07, 6.45) is 4.74. The highest BCUT2D eigenvalue weighted by atomic mass is 14.7. The van der Waals surface area contributed by atoms with Crippen molar-refractivity contribution in [3.63, 3.8) is 0 Å². The van der Waals surface area contributed by atoms with Gasteiger partial charge in [-0.25, -0.2) is 0 Å². The van der Waals surface area contributed by atoms with E-state index in [1.165, 1.54) is 27.6 Å². The molecule has 1 aliphatic carbocycles. The molecular formula is C16H12N2. The van der Waals surface area contributed by atoms with Crippen LogP contribution in [0, 0.1) is 6.92 Å². The predicted octanol–water partition coefficient (Wildman–Crippen LogP) is 3.51. The summed E-state index contributed by atoms with van der Waals surface area (Å²) in [6.45, 7) is 2.10. The number of aryl methyl sites for hydroxylation is 1. The minimum atomic E-state index is 0.995. The molecule has 3 aromatic rings. The van der Waals surface area contributed by atoms with E-state index in [1.54, 1.807) is 0 Å². The Kier molecular flexibility index (Phi) is 1.84. The highest BCUT2D eigenvalue weighted by molar-refractivity contribution is 5.99. The first-order valence-corrected chi connectivity index (χ1v) is 6.16. The van der Waals surface area contributed by atoms with Crippen LogP contribution in [0.1, 0.15) is 16.8 Å². The Labute approximate surface area is 105 Å². The zero-order valence-electron chi connectivity index (χ0n) is 10.1. The third-order valence-corrected chi connectivity index (χ3v) is 3.75. The number of nitrogens with zero attached hydrogens (tertiary/aromatic N) is 2. The summed E-state index contributed by atoms with van der Waals surface area (Å²) in [6, 6.07) is 10.6. The largest absolute Gasteiger partial charge is 0.264 e. The predicted molar refractivity (Wildman–Crippen MR) is 72.5 cm³/mol. The fraction of sp³-hybridized carbons (Fsp3) is 0.125. The van der Waals surface area contributed by atoms with Crippen molar-refractivity contribution in [2.24, 2.45) is 0 Å². The van der Waals surface area contributed by atoms with Crippen LogP contribution in [0.15, 0.2) is 42.7 Å². The van der Waals surface area contributed by atoms with E-state index < -0.39 is 0 Å². The van der Waals surface area contributed by atoms with Crippen LogP contribution in [-0.2, 0) is 6.42 Å². The molecule has 1 aliphatic rings. The van der Waals surface area contributed by atoms with Crippen LogP contribution in [-0.4, -0.2) is 9.97 Å². The standard InChI is InChI=1S/C16H12N2/c1-10-13-8-11-4-2-3-5-12(11)16(13)14-9-17-7-6-15(14)18-10/h2-7,9H,8H2,1H3. The Balaban J connectivity index is 2.20. The van der Waals surface area contributed by atoms with Gasteiger partial charge in [-0.2, -0.15) is 0 Å². The smallest absolute Gasteiger partial charge is 0.0742 e. The van der Waals surface area contributed by atoms with Crippen LogP contribution in [0.25, 0.3) is 22.0 Å². The Morgan fingerprint density at radius 1 is 1.11 bits per heavy atom. The molecule has 0 spiro atoms. The lowest BCUT2D eigenvalue weighted by molar-refractivity contribution is 1.14. The molecule has 0 bridgehead atoms. The molecule has 2 nitrogen and oxygen atoms in total. The summed E-state index contributed by atoms with van der Waals surface area (Å²) in [5.74, 6) is 0. The average Bonchev–Trinajstić information content (AvgIpc) is 2.79. The van der Waals surface area contributed by atoms with Crippen LogP contribution < -0.4 is 0 Å². The van der Waals surface area contributed by atoms with Gasteiger partial charge >= 0.3 is 0 Å². The van der Waals surface area contributed by atoms with Crippen molar-refractivity contribution in [2.75, 3.05) is 0 Å². The van der Waals surface area contributed by atoms with Crippen LogP contribution in [0.5, 0.6) is 0 Å². The van der Waals surface area contributed by atoms with Gasteiger partial charge in [0.1, 0.15) is 0 Å². The molecular weight excluding hydrogens is 220 g/mol. The molecule has 0 amide bonds. The molecule has 0 saturated heterocycles. The van der Waals surface area contributed by atoms with Crippen molar-refractivity contribution in [1.82, 2.24) is 9.97 Å². The fourth-order valence-corrected chi connectivity index (χ4v) is 2.90. The summed E-state index contributed by atoms with van der Waals surface area (Å²) in [4.78, 5) is 8.94. The number of pyridine rings is 2. The molecule has 0 fully saturated rings. The van der Waals surface area contributed by atoms with Gasteiger partial charge in [-0.15, -0.1) is 0 Å². The number of fused-ring (bicyclic) bond motifs is 5. The van der Waals surface area contributed by atoms with E-state index in [9.17, 15) is 0 Å². The second kappa shape index (κ2) is 3.39. The minimum Gasteiger partial charge on any atom is -0.264 e. The van der Waals surface area contributed by atoms with E-state index in [4.69, 9.17) is 4.98 Å². The molecule has 0 saturated carbocycles. The number of benzene rings is 1. The monoisotopic (exact) mass is 232 g/mol. The topological polar surface area (TPSA) is 25.8 Å². The van der Waals surface area contributed by atoms with Gasteiger partial charge in [-0.05, 0) is 35.2 Å². The van der Waals surface area contributed by atoms with Gasteiger partial charge in [0.2, 0.25) is 0 Å². The van der Waals surface area contributed by atoms with Gasteiger partial charge in [-0.3, -0.25) is 9.97 Å². The molecule has 2 heteroatoms.